The van der Waals surface area contributed by atoms with Gasteiger partial charge in [-0.2, -0.15) is 0 Å². The Balaban J connectivity index is 2.92. The predicted octanol–water partition coefficient (Wildman–Crippen LogP) is 2.98. The molecule has 1 aromatic heterocycles. The van der Waals surface area contributed by atoms with Crippen molar-refractivity contribution in [3.8, 4) is 0 Å². The lowest BCUT2D eigenvalue weighted by atomic mass is 9.90. The van der Waals surface area contributed by atoms with E-state index in [4.69, 9.17) is 0 Å². The van der Waals surface area contributed by atoms with Gasteiger partial charge >= 0.3 is 0 Å². The van der Waals surface area contributed by atoms with Crippen molar-refractivity contribution in [2.24, 2.45) is 0 Å². The molecule has 0 aromatic carbocycles. The summed E-state index contributed by atoms with van der Waals surface area (Å²) in [6, 6.07) is 3.92. The third-order valence-corrected chi connectivity index (χ3v) is 2.64. The normalized spacial score (nSPS) is 15.1. The standard InChI is InChI=1S/C15H19NO/c1-5-7-13(6-2)15(4,17)10-14-9-8-12(3)11-16-14/h5-9,11,17H,1-2,10H2,3-4H3/b13-7+. The second kappa shape index (κ2) is 5.60. The number of pyridine rings is 1. The number of rotatable bonds is 5. The second-order valence-corrected chi connectivity index (χ2v) is 4.34. The molecule has 1 unspecified atom stereocenters. The van der Waals surface area contributed by atoms with E-state index in [1.807, 2.05) is 19.1 Å². The van der Waals surface area contributed by atoms with E-state index < -0.39 is 5.60 Å². The molecule has 0 saturated heterocycles. The van der Waals surface area contributed by atoms with Gasteiger partial charge in [0.05, 0.1) is 5.60 Å². The minimum atomic E-state index is -0.974. The number of aromatic nitrogens is 1. The Hall–Kier alpha value is -1.67. The highest BCUT2D eigenvalue weighted by atomic mass is 16.3. The van der Waals surface area contributed by atoms with Crippen molar-refractivity contribution in [3.63, 3.8) is 0 Å². The molecule has 0 saturated carbocycles. The van der Waals surface area contributed by atoms with Gasteiger partial charge in [0.15, 0.2) is 0 Å². The Morgan fingerprint density at radius 2 is 2.18 bits per heavy atom. The van der Waals surface area contributed by atoms with Gasteiger partial charge in [-0.05, 0) is 31.1 Å². The Morgan fingerprint density at radius 3 is 2.65 bits per heavy atom. The number of hydrogen-bond donors (Lipinski definition) is 1. The van der Waals surface area contributed by atoms with Gasteiger partial charge in [-0.15, -0.1) is 0 Å². The Bertz CT molecular complexity index is 427. The first-order valence-corrected chi connectivity index (χ1v) is 5.59. The summed E-state index contributed by atoms with van der Waals surface area (Å²) < 4.78 is 0. The average Bonchev–Trinajstić information content (AvgIpc) is 2.28. The van der Waals surface area contributed by atoms with Crippen LogP contribution in [0.2, 0.25) is 0 Å². The Labute approximate surface area is 103 Å². The zero-order valence-electron chi connectivity index (χ0n) is 10.5. The van der Waals surface area contributed by atoms with E-state index in [-0.39, 0.29) is 0 Å². The van der Waals surface area contributed by atoms with Crippen LogP contribution in [0, 0.1) is 6.92 Å². The summed E-state index contributed by atoms with van der Waals surface area (Å²) in [7, 11) is 0. The highest BCUT2D eigenvalue weighted by Gasteiger charge is 2.24. The molecule has 0 bridgehead atoms. The molecule has 0 aliphatic heterocycles. The summed E-state index contributed by atoms with van der Waals surface area (Å²) in [5.41, 5.74) is 1.74. The van der Waals surface area contributed by atoms with E-state index in [0.29, 0.717) is 6.42 Å². The predicted molar refractivity (Wildman–Crippen MR) is 71.8 cm³/mol. The largest absolute Gasteiger partial charge is 0.385 e. The summed E-state index contributed by atoms with van der Waals surface area (Å²) in [6.45, 7) is 11.1. The van der Waals surface area contributed by atoms with Crippen molar-refractivity contribution in [1.82, 2.24) is 4.98 Å². The minimum Gasteiger partial charge on any atom is -0.385 e. The fraction of sp³-hybridized carbons (Fsp3) is 0.267. The van der Waals surface area contributed by atoms with Gasteiger partial charge in [0.1, 0.15) is 0 Å². The third-order valence-electron chi connectivity index (χ3n) is 2.64. The molecule has 1 rings (SSSR count). The van der Waals surface area contributed by atoms with Crippen LogP contribution in [0.3, 0.4) is 0 Å². The monoisotopic (exact) mass is 229 g/mol. The van der Waals surface area contributed by atoms with Crippen LogP contribution in [0.5, 0.6) is 0 Å². The molecule has 1 atom stereocenters. The minimum absolute atomic E-state index is 0.457. The summed E-state index contributed by atoms with van der Waals surface area (Å²) in [4.78, 5) is 4.29. The Kier molecular flexibility index (Phi) is 4.41. The van der Waals surface area contributed by atoms with E-state index in [2.05, 4.69) is 18.1 Å². The third kappa shape index (κ3) is 3.68. The van der Waals surface area contributed by atoms with Crippen LogP contribution in [0.25, 0.3) is 0 Å². The van der Waals surface area contributed by atoms with E-state index in [9.17, 15) is 5.11 Å². The second-order valence-electron chi connectivity index (χ2n) is 4.34. The van der Waals surface area contributed by atoms with Crippen LogP contribution in [-0.4, -0.2) is 15.7 Å². The van der Waals surface area contributed by atoms with E-state index >= 15 is 0 Å². The van der Waals surface area contributed by atoms with Crippen LogP contribution in [0.1, 0.15) is 18.2 Å². The topological polar surface area (TPSA) is 33.1 Å². The van der Waals surface area contributed by atoms with Crippen LogP contribution in [0.4, 0.5) is 0 Å². The van der Waals surface area contributed by atoms with Crippen LogP contribution < -0.4 is 0 Å². The highest BCUT2D eigenvalue weighted by molar-refractivity contribution is 5.31. The fourth-order valence-corrected chi connectivity index (χ4v) is 1.65. The zero-order valence-corrected chi connectivity index (χ0v) is 10.5. The van der Waals surface area contributed by atoms with Crippen molar-refractivity contribution in [2.45, 2.75) is 25.9 Å². The molecule has 1 heterocycles. The number of hydrogen-bond acceptors (Lipinski definition) is 2. The molecule has 0 aliphatic rings. The average molecular weight is 229 g/mol. The van der Waals surface area contributed by atoms with Crippen LogP contribution >= 0.6 is 0 Å². The van der Waals surface area contributed by atoms with E-state index in [1.165, 1.54) is 0 Å². The number of aliphatic hydroxyl groups is 1. The SMILES string of the molecule is C=C/C=C(\C=C)C(C)(O)Cc1ccc(C)cn1. The molecule has 17 heavy (non-hydrogen) atoms. The smallest absolute Gasteiger partial charge is 0.0923 e. The zero-order chi connectivity index (χ0) is 12.9. The van der Waals surface area contributed by atoms with Crippen molar-refractivity contribution in [3.05, 3.63) is 66.5 Å². The quantitative estimate of drug-likeness (QED) is 0.787. The number of nitrogens with zero attached hydrogens (tertiary/aromatic N) is 1. The van der Waals surface area contributed by atoms with Gasteiger partial charge in [-0.3, -0.25) is 4.98 Å². The molecule has 0 radical (unpaired) electrons. The van der Waals surface area contributed by atoms with Crippen molar-refractivity contribution < 1.29 is 5.11 Å². The number of allylic oxidation sites excluding steroid dienone is 2. The molecular formula is C15H19NO. The first-order chi connectivity index (χ1) is 7.99. The molecule has 90 valence electrons. The maximum Gasteiger partial charge on any atom is 0.0923 e. The summed E-state index contributed by atoms with van der Waals surface area (Å²) in [5, 5.41) is 10.4. The molecule has 0 aliphatic carbocycles. The lowest BCUT2D eigenvalue weighted by Gasteiger charge is -2.24. The molecule has 0 amide bonds. The molecule has 0 spiro atoms. The van der Waals surface area contributed by atoms with Gasteiger partial charge in [0.25, 0.3) is 0 Å². The van der Waals surface area contributed by atoms with Gasteiger partial charge in [-0.25, -0.2) is 0 Å². The van der Waals surface area contributed by atoms with Crippen molar-refractivity contribution in [1.29, 1.82) is 0 Å². The maximum absolute atomic E-state index is 10.4. The Morgan fingerprint density at radius 1 is 1.47 bits per heavy atom. The number of aryl methyl sites for hydroxylation is 1. The first-order valence-electron chi connectivity index (χ1n) is 5.59. The van der Waals surface area contributed by atoms with E-state index in [0.717, 1.165) is 16.8 Å². The van der Waals surface area contributed by atoms with Gasteiger partial charge in [0, 0.05) is 18.3 Å². The van der Waals surface area contributed by atoms with Crippen LogP contribution in [0.15, 0.2) is 55.3 Å². The van der Waals surface area contributed by atoms with E-state index in [1.54, 1.807) is 31.3 Å². The lowest BCUT2D eigenvalue weighted by Crippen LogP contribution is -2.29. The molecule has 1 aromatic rings. The van der Waals surface area contributed by atoms with Crippen molar-refractivity contribution >= 4 is 0 Å². The summed E-state index contributed by atoms with van der Waals surface area (Å²) in [6.07, 6.45) is 7.32. The maximum atomic E-state index is 10.4. The molecule has 2 nitrogen and oxygen atoms in total. The lowest BCUT2D eigenvalue weighted by molar-refractivity contribution is 0.102. The highest BCUT2D eigenvalue weighted by Crippen LogP contribution is 2.22. The molecule has 2 heteroatoms. The summed E-state index contributed by atoms with van der Waals surface area (Å²) >= 11 is 0. The molecule has 0 fully saturated rings. The first kappa shape index (κ1) is 13.4. The van der Waals surface area contributed by atoms with Gasteiger partial charge < -0.3 is 5.11 Å². The summed E-state index contributed by atoms with van der Waals surface area (Å²) in [5.74, 6) is 0. The molecular weight excluding hydrogens is 210 g/mol. The van der Waals surface area contributed by atoms with Crippen LogP contribution in [-0.2, 0) is 6.42 Å². The molecule has 1 N–H and O–H groups in total. The fourth-order valence-electron chi connectivity index (χ4n) is 1.65. The van der Waals surface area contributed by atoms with Gasteiger partial charge in [0.2, 0.25) is 0 Å². The van der Waals surface area contributed by atoms with Crippen molar-refractivity contribution in [2.75, 3.05) is 0 Å². The van der Waals surface area contributed by atoms with Gasteiger partial charge in [-0.1, -0.05) is 37.5 Å².